The summed E-state index contributed by atoms with van der Waals surface area (Å²) in [7, 11) is 0. The summed E-state index contributed by atoms with van der Waals surface area (Å²) >= 11 is 0. The van der Waals surface area contributed by atoms with Gasteiger partial charge in [0.15, 0.2) is 5.69 Å². The number of esters is 1. The lowest BCUT2D eigenvalue weighted by molar-refractivity contribution is 0.0518. The number of amides is 1. The van der Waals surface area contributed by atoms with Crippen LogP contribution >= 0.6 is 0 Å². The number of hydrogen-bond acceptors (Lipinski definition) is 4. The summed E-state index contributed by atoms with van der Waals surface area (Å²) in [5, 5.41) is 7.62. The third kappa shape index (κ3) is 6.53. The molecule has 0 saturated carbocycles. The zero-order chi connectivity index (χ0) is 26.2. The fraction of sp³-hybridized carbons (Fsp3) is 0.258. The molecule has 0 aliphatic carbocycles. The maximum atomic E-state index is 12.8. The van der Waals surface area contributed by atoms with Gasteiger partial charge in [-0.2, -0.15) is 5.10 Å². The normalized spacial score (nSPS) is 11.6. The first kappa shape index (κ1) is 25.9. The Balaban J connectivity index is 1.52. The summed E-state index contributed by atoms with van der Waals surface area (Å²) in [5.74, 6) is -0.580. The lowest BCUT2D eigenvalue weighted by Crippen LogP contribution is -2.32. The second kappa shape index (κ2) is 12.2. The molecule has 0 aliphatic heterocycles. The molecule has 0 radical (unpaired) electrons. The monoisotopic (exact) mass is 495 g/mol. The summed E-state index contributed by atoms with van der Waals surface area (Å²) in [4.78, 5) is 25.2. The molecule has 4 rings (SSSR count). The van der Waals surface area contributed by atoms with Crippen molar-refractivity contribution in [3.8, 4) is 16.9 Å². The van der Waals surface area contributed by atoms with E-state index in [2.05, 4.69) is 41.6 Å². The summed E-state index contributed by atoms with van der Waals surface area (Å²) < 4.78 is 6.89. The molecule has 1 aromatic heterocycles. The van der Waals surface area contributed by atoms with Gasteiger partial charge in [0.2, 0.25) is 0 Å². The van der Waals surface area contributed by atoms with Crippen molar-refractivity contribution in [2.45, 2.75) is 46.1 Å². The first-order valence-corrected chi connectivity index (χ1v) is 12.8. The van der Waals surface area contributed by atoms with Crippen LogP contribution in [0.2, 0.25) is 0 Å². The number of nitrogens with one attached hydrogen (secondary N) is 1. The average molecular weight is 496 g/mol. The van der Waals surface area contributed by atoms with E-state index in [0.717, 1.165) is 36.2 Å². The Kier molecular flexibility index (Phi) is 8.52. The minimum absolute atomic E-state index is 0.0447. The van der Waals surface area contributed by atoms with Crippen LogP contribution in [0.3, 0.4) is 0 Å². The van der Waals surface area contributed by atoms with Gasteiger partial charge < -0.3 is 10.1 Å². The zero-order valence-electron chi connectivity index (χ0n) is 21.6. The molecule has 0 unspecified atom stereocenters. The first-order valence-electron chi connectivity index (χ1n) is 12.8. The highest BCUT2D eigenvalue weighted by Gasteiger charge is 2.18. The number of aromatic nitrogens is 2. The second-order valence-corrected chi connectivity index (χ2v) is 9.04. The molecule has 3 aromatic carbocycles. The van der Waals surface area contributed by atoms with Crippen molar-refractivity contribution in [3.05, 3.63) is 107 Å². The molecule has 0 bridgehead atoms. The van der Waals surface area contributed by atoms with Gasteiger partial charge in [-0.15, -0.1) is 0 Å². The molecule has 0 spiro atoms. The van der Waals surface area contributed by atoms with Gasteiger partial charge >= 0.3 is 5.97 Å². The van der Waals surface area contributed by atoms with Crippen molar-refractivity contribution in [1.29, 1.82) is 0 Å². The molecule has 6 heteroatoms. The molecule has 1 N–H and O–H groups in total. The van der Waals surface area contributed by atoms with Crippen LogP contribution in [0, 0.1) is 0 Å². The van der Waals surface area contributed by atoms with Crippen LogP contribution in [0.4, 0.5) is 0 Å². The molecule has 1 atom stereocenters. The van der Waals surface area contributed by atoms with Crippen LogP contribution in [-0.2, 0) is 17.6 Å². The number of ether oxygens (including phenoxy) is 1. The van der Waals surface area contributed by atoms with Gasteiger partial charge in [0.05, 0.1) is 18.0 Å². The number of benzene rings is 3. The van der Waals surface area contributed by atoms with Crippen molar-refractivity contribution in [2.75, 3.05) is 6.61 Å². The van der Waals surface area contributed by atoms with E-state index in [-0.39, 0.29) is 24.2 Å². The highest BCUT2D eigenvalue weighted by atomic mass is 16.5. The van der Waals surface area contributed by atoms with Gasteiger partial charge in [0.25, 0.3) is 5.91 Å². The van der Waals surface area contributed by atoms with Gasteiger partial charge in [-0.25, -0.2) is 9.48 Å². The third-order valence-corrected chi connectivity index (χ3v) is 6.31. The fourth-order valence-corrected chi connectivity index (χ4v) is 4.16. The van der Waals surface area contributed by atoms with E-state index >= 15 is 0 Å². The summed E-state index contributed by atoms with van der Waals surface area (Å²) in [6.07, 6.45) is 2.71. The highest BCUT2D eigenvalue weighted by molar-refractivity contribution is 5.94. The SMILES string of the molecule is CCOC(=O)c1cc(-c2ccc(CC)cc2)n(-c2ccc(C(=O)N[C@@H](C)CCc3ccccc3)cc2)n1. The van der Waals surface area contributed by atoms with Crippen molar-refractivity contribution in [2.24, 2.45) is 0 Å². The Labute approximate surface area is 218 Å². The third-order valence-electron chi connectivity index (χ3n) is 6.31. The molecule has 190 valence electrons. The molecule has 37 heavy (non-hydrogen) atoms. The Hall–Kier alpha value is -4.19. The van der Waals surface area contributed by atoms with Crippen molar-refractivity contribution >= 4 is 11.9 Å². The minimum atomic E-state index is -0.465. The van der Waals surface area contributed by atoms with E-state index in [0.29, 0.717) is 5.56 Å². The number of carbonyl (C=O) groups is 2. The molecule has 0 saturated heterocycles. The lowest BCUT2D eigenvalue weighted by Gasteiger charge is -2.14. The predicted octanol–water partition coefficient (Wildman–Crippen LogP) is 6.03. The molecular weight excluding hydrogens is 462 g/mol. The Morgan fingerprint density at radius 3 is 2.27 bits per heavy atom. The van der Waals surface area contributed by atoms with Gasteiger partial charge in [0.1, 0.15) is 0 Å². The number of aryl methyl sites for hydroxylation is 2. The van der Waals surface area contributed by atoms with E-state index in [1.807, 2.05) is 49.4 Å². The highest BCUT2D eigenvalue weighted by Crippen LogP contribution is 2.25. The zero-order valence-corrected chi connectivity index (χ0v) is 21.6. The second-order valence-electron chi connectivity index (χ2n) is 9.04. The van der Waals surface area contributed by atoms with E-state index in [9.17, 15) is 9.59 Å². The smallest absolute Gasteiger partial charge is 0.358 e. The quantitative estimate of drug-likeness (QED) is 0.273. The molecule has 4 aromatic rings. The summed E-state index contributed by atoms with van der Waals surface area (Å²) in [5.41, 5.74) is 5.77. The molecule has 1 heterocycles. The molecule has 0 aliphatic rings. The Bertz CT molecular complexity index is 1330. The number of carbonyl (C=O) groups excluding carboxylic acids is 2. The standard InChI is InChI=1S/C31H33N3O3/c1-4-23-13-15-25(16-14-23)29-21-28(31(36)37-5-2)33-34(29)27-19-17-26(18-20-27)30(35)32-22(3)11-12-24-9-7-6-8-10-24/h6-10,13-22H,4-5,11-12H2,1-3H3,(H,32,35)/t22-/m0/s1. The van der Waals surface area contributed by atoms with E-state index in [1.165, 1.54) is 11.1 Å². The van der Waals surface area contributed by atoms with E-state index in [4.69, 9.17) is 4.74 Å². The van der Waals surface area contributed by atoms with Gasteiger partial charge in [-0.3, -0.25) is 4.79 Å². The maximum Gasteiger partial charge on any atom is 0.358 e. The fourth-order valence-electron chi connectivity index (χ4n) is 4.16. The minimum Gasteiger partial charge on any atom is -0.461 e. The van der Waals surface area contributed by atoms with Crippen molar-refractivity contribution in [1.82, 2.24) is 15.1 Å². The predicted molar refractivity (Wildman–Crippen MR) is 146 cm³/mol. The lowest BCUT2D eigenvalue weighted by atomic mass is 10.1. The Morgan fingerprint density at radius 1 is 0.919 bits per heavy atom. The van der Waals surface area contributed by atoms with Gasteiger partial charge in [-0.05, 0) is 74.6 Å². The molecule has 0 fully saturated rings. The number of rotatable bonds is 10. The van der Waals surface area contributed by atoms with Crippen LogP contribution in [-0.4, -0.2) is 34.3 Å². The summed E-state index contributed by atoms with van der Waals surface area (Å²) in [6.45, 7) is 6.18. The Morgan fingerprint density at radius 2 is 1.62 bits per heavy atom. The summed E-state index contributed by atoms with van der Waals surface area (Å²) in [6, 6.07) is 27.5. The molecular formula is C31H33N3O3. The average Bonchev–Trinajstić information content (AvgIpc) is 3.38. The van der Waals surface area contributed by atoms with Crippen LogP contribution in [0.25, 0.3) is 16.9 Å². The number of nitrogens with zero attached hydrogens (tertiary/aromatic N) is 2. The van der Waals surface area contributed by atoms with E-state index < -0.39 is 5.97 Å². The van der Waals surface area contributed by atoms with Crippen LogP contribution in [0.5, 0.6) is 0 Å². The van der Waals surface area contributed by atoms with E-state index in [1.54, 1.807) is 29.8 Å². The van der Waals surface area contributed by atoms with Gasteiger partial charge in [-0.1, -0.05) is 61.5 Å². The first-order chi connectivity index (χ1) is 18.0. The topological polar surface area (TPSA) is 73.2 Å². The van der Waals surface area contributed by atoms with Crippen LogP contribution < -0.4 is 5.32 Å². The van der Waals surface area contributed by atoms with Crippen molar-refractivity contribution in [3.63, 3.8) is 0 Å². The molecule has 6 nitrogen and oxygen atoms in total. The van der Waals surface area contributed by atoms with Crippen LogP contribution in [0.15, 0.2) is 84.9 Å². The maximum absolute atomic E-state index is 12.8. The van der Waals surface area contributed by atoms with Crippen LogP contribution in [0.1, 0.15) is 59.2 Å². The largest absolute Gasteiger partial charge is 0.461 e. The number of hydrogen-bond donors (Lipinski definition) is 1. The van der Waals surface area contributed by atoms with Crippen molar-refractivity contribution < 1.29 is 14.3 Å². The molecule has 1 amide bonds. The van der Waals surface area contributed by atoms with Gasteiger partial charge in [0, 0.05) is 17.2 Å².